The van der Waals surface area contributed by atoms with Crippen LogP contribution in [0.1, 0.15) is 24.2 Å². The number of carboxylic acids is 3. The molecule has 0 aliphatic carbocycles. The number of para-hydroxylation sites is 1. The molecule has 8 N–H and O–H groups in total. The second kappa shape index (κ2) is 16.7. The highest BCUT2D eigenvalue weighted by molar-refractivity contribution is 7.92. The van der Waals surface area contributed by atoms with Crippen molar-refractivity contribution in [3.05, 3.63) is 53.7 Å². The van der Waals surface area contributed by atoms with E-state index in [2.05, 4.69) is 15.0 Å². The molecule has 3 aromatic rings. The number of carboxylic acid groups (broad SMARTS) is 3. The fourth-order valence-electron chi connectivity index (χ4n) is 3.49. The number of ether oxygens (including phenoxy) is 1. The number of aliphatic hydroxyl groups excluding tert-OH is 1. The lowest BCUT2D eigenvalue weighted by atomic mass is 10.0. The topological polar surface area (TPSA) is 236 Å². The molecule has 0 radical (unpaired) electrons. The minimum absolute atomic E-state index is 0.00168. The third-order valence-electron chi connectivity index (χ3n) is 5.49. The number of aromatic nitrogens is 1. The molecular weight excluding hydrogens is 676 g/mol. The average Bonchev–Trinajstić information content (AvgIpc) is 3.33. The Morgan fingerprint density at radius 2 is 1.53 bits per heavy atom. The second-order valence-corrected chi connectivity index (χ2v) is 11.2. The smallest absolute Gasteiger partial charge is 0.490 e. The number of phenols is 1. The summed E-state index contributed by atoms with van der Waals surface area (Å²) in [5.41, 5.74) is 2.17. The van der Waals surface area contributed by atoms with Crippen molar-refractivity contribution < 1.29 is 79.4 Å². The zero-order chi connectivity index (χ0) is 36.3. The summed E-state index contributed by atoms with van der Waals surface area (Å²) in [4.78, 5) is 31.7. The third-order valence-corrected chi connectivity index (χ3v) is 6.08. The van der Waals surface area contributed by atoms with Crippen LogP contribution in [0.2, 0.25) is 0 Å². The van der Waals surface area contributed by atoms with Crippen LogP contribution in [0.4, 0.5) is 32.0 Å². The number of aliphatic hydroxyl groups is 1. The molecule has 1 heterocycles. The minimum Gasteiger partial charge on any atom is -0.506 e. The number of rotatable bonds is 11. The van der Waals surface area contributed by atoms with Crippen LogP contribution in [0, 0.1) is 0 Å². The summed E-state index contributed by atoms with van der Waals surface area (Å²) in [6, 6.07) is 9.64. The Kier molecular flexibility index (Phi) is 14.3. The number of aliphatic carboxylic acids is 3. The molecular formula is C26H29F6N3O11S. The van der Waals surface area contributed by atoms with Gasteiger partial charge in [0.05, 0.1) is 23.6 Å². The maximum absolute atomic E-state index is 11.4. The lowest BCUT2D eigenvalue weighted by Crippen LogP contribution is -2.32. The number of anilines is 1. The number of hydrogen-bond acceptors (Lipinski definition) is 9. The van der Waals surface area contributed by atoms with E-state index < -0.39 is 53.0 Å². The number of phenolic OH excluding ortho intramolecular Hbond substituents is 1. The van der Waals surface area contributed by atoms with Crippen molar-refractivity contribution in [3.8, 4) is 11.5 Å². The van der Waals surface area contributed by atoms with E-state index in [0.29, 0.717) is 17.7 Å². The molecule has 0 bridgehead atoms. The summed E-state index contributed by atoms with van der Waals surface area (Å²) < 4.78 is 93.9. The summed E-state index contributed by atoms with van der Waals surface area (Å²) in [7, 11) is -3.57. The maximum atomic E-state index is 11.4. The van der Waals surface area contributed by atoms with Crippen molar-refractivity contribution in [2.75, 3.05) is 24.1 Å². The van der Waals surface area contributed by atoms with Crippen molar-refractivity contribution in [2.45, 2.75) is 37.8 Å². The molecule has 0 saturated heterocycles. The van der Waals surface area contributed by atoms with Crippen LogP contribution >= 0.6 is 0 Å². The highest BCUT2D eigenvalue weighted by Crippen LogP contribution is 2.29. The number of sulfonamides is 1. The predicted octanol–water partition coefficient (Wildman–Crippen LogP) is 3.23. The van der Waals surface area contributed by atoms with Gasteiger partial charge in [0.2, 0.25) is 10.0 Å². The van der Waals surface area contributed by atoms with Crippen LogP contribution in [-0.4, -0.2) is 94.6 Å². The summed E-state index contributed by atoms with van der Waals surface area (Å²) >= 11 is 0. The SMILES string of the molecule is CC(Cc1c[nH]c2c(OCC(=O)O)cccc12)NC[C@H](O)c1ccc(O)c(NS(C)(=O)=O)c1.O=C(O)C(F)(F)F.O=C(O)C(F)(F)F. The van der Waals surface area contributed by atoms with Gasteiger partial charge in [0, 0.05) is 24.2 Å². The van der Waals surface area contributed by atoms with Gasteiger partial charge >= 0.3 is 30.3 Å². The van der Waals surface area contributed by atoms with E-state index in [0.717, 1.165) is 22.7 Å². The predicted molar refractivity (Wildman–Crippen MR) is 152 cm³/mol. The van der Waals surface area contributed by atoms with Gasteiger partial charge in [-0.3, -0.25) is 4.72 Å². The molecule has 0 saturated carbocycles. The van der Waals surface area contributed by atoms with E-state index in [1.807, 2.05) is 19.2 Å². The number of alkyl halides is 6. The van der Waals surface area contributed by atoms with Crippen LogP contribution < -0.4 is 14.8 Å². The molecule has 2 aromatic carbocycles. The van der Waals surface area contributed by atoms with Gasteiger partial charge in [0.25, 0.3) is 0 Å². The Balaban J connectivity index is 0.000000658. The zero-order valence-electron chi connectivity index (χ0n) is 24.2. The first kappa shape index (κ1) is 40.3. The molecule has 14 nitrogen and oxygen atoms in total. The van der Waals surface area contributed by atoms with Crippen LogP contribution in [0.25, 0.3) is 10.9 Å². The van der Waals surface area contributed by atoms with E-state index in [4.69, 9.17) is 29.6 Å². The number of benzene rings is 2. The molecule has 262 valence electrons. The number of aromatic amines is 1. The molecule has 3 rings (SSSR count). The van der Waals surface area contributed by atoms with Crippen molar-refractivity contribution in [1.29, 1.82) is 0 Å². The summed E-state index contributed by atoms with van der Waals surface area (Å²) in [5.74, 6) is -6.34. The highest BCUT2D eigenvalue weighted by Gasteiger charge is 2.38. The molecule has 1 aromatic heterocycles. The van der Waals surface area contributed by atoms with Gasteiger partial charge in [0.1, 0.15) is 11.5 Å². The zero-order valence-corrected chi connectivity index (χ0v) is 25.0. The van der Waals surface area contributed by atoms with Gasteiger partial charge < -0.3 is 40.6 Å². The number of nitrogens with one attached hydrogen (secondary N) is 3. The Morgan fingerprint density at radius 1 is 0.979 bits per heavy atom. The number of fused-ring (bicyclic) bond motifs is 1. The number of H-pyrrole nitrogens is 1. The number of hydrogen-bond donors (Lipinski definition) is 8. The Morgan fingerprint density at radius 3 is 2.02 bits per heavy atom. The fraction of sp³-hybridized carbons (Fsp3) is 0.346. The van der Waals surface area contributed by atoms with E-state index in [9.17, 15) is 49.8 Å². The molecule has 0 aliphatic rings. The number of halogens is 6. The molecule has 0 spiro atoms. The van der Waals surface area contributed by atoms with Crippen molar-refractivity contribution >= 4 is 44.5 Å². The summed E-state index contributed by atoms with van der Waals surface area (Å²) in [6.45, 7) is 1.74. The first-order chi connectivity index (χ1) is 21.4. The Labute approximate surface area is 261 Å². The van der Waals surface area contributed by atoms with E-state index in [-0.39, 0.29) is 24.0 Å². The van der Waals surface area contributed by atoms with Crippen LogP contribution in [0.3, 0.4) is 0 Å². The first-order valence-corrected chi connectivity index (χ1v) is 14.6. The summed E-state index contributed by atoms with van der Waals surface area (Å²) in [5, 5.41) is 47.6. The Hall–Kier alpha value is -4.76. The number of aromatic hydroxyl groups is 1. The molecule has 0 fully saturated rings. The van der Waals surface area contributed by atoms with Gasteiger partial charge in [-0.2, -0.15) is 26.3 Å². The van der Waals surface area contributed by atoms with Crippen LogP contribution in [0.15, 0.2) is 42.6 Å². The monoisotopic (exact) mass is 705 g/mol. The van der Waals surface area contributed by atoms with E-state index in [1.54, 1.807) is 12.1 Å². The largest absolute Gasteiger partial charge is 0.506 e. The van der Waals surface area contributed by atoms with Gasteiger partial charge in [-0.25, -0.2) is 22.8 Å². The minimum atomic E-state index is -5.08. The van der Waals surface area contributed by atoms with Gasteiger partial charge in [-0.05, 0) is 42.7 Å². The average molecular weight is 706 g/mol. The molecule has 2 atom stereocenters. The molecule has 0 aliphatic heterocycles. The van der Waals surface area contributed by atoms with E-state index in [1.165, 1.54) is 18.2 Å². The normalized spacial score (nSPS) is 12.9. The fourth-order valence-corrected chi connectivity index (χ4v) is 4.05. The Bertz CT molecular complexity index is 1620. The van der Waals surface area contributed by atoms with Crippen molar-refractivity contribution in [3.63, 3.8) is 0 Å². The lowest BCUT2D eigenvalue weighted by Gasteiger charge is -2.18. The lowest BCUT2D eigenvalue weighted by molar-refractivity contribution is -0.193. The van der Waals surface area contributed by atoms with Gasteiger partial charge in [-0.15, -0.1) is 0 Å². The van der Waals surface area contributed by atoms with Crippen LogP contribution in [0.5, 0.6) is 11.5 Å². The van der Waals surface area contributed by atoms with Gasteiger partial charge in [0.15, 0.2) is 6.61 Å². The standard InChI is InChI=1S/C22H27N3O7S.2C2HF3O2/c1-13(8-15-10-24-22-16(15)4-3-5-20(22)32-12-21(28)29)23-11-19(27)14-6-7-18(26)17(9-14)25-33(2,30)31;2*3-2(4,5)1(6)7/h3-7,9-10,13,19,23-27H,8,11-12H2,1-2H3,(H,28,29);2*(H,6,7)/t13?,19-;;/m0../s1. The second-order valence-electron chi connectivity index (χ2n) is 9.46. The van der Waals surface area contributed by atoms with Crippen molar-refractivity contribution in [2.24, 2.45) is 0 Å². The first-order valence-electron chi connectivity index (χ1n) is 12.7. The molecule has 21 heteroatoms. The molecule has 1 unspecified atom stereocenters. The third kappa shape index (κ3) is 14.5. The number of carbonyl (C=O) groups is 3. The van der Waals surface area contributed by atoms with E-state index >= 15 is 0 Å². The maximum Gasteiger partial charge on any atom is 0.490 e. The molecule has 47 heavy (non-hydrogen) atoms. The quantitative estimate of drug-likeness (QED) is 0.106. The summed E-state index contributed by atoms with van der Waals surface area (Å²) in [6.07, 6.45) is -7.64. The van der Waals surface area contributed by atoms with Crippen LogP contribution in [-0.2, 0) is 30.8 Å². The molecule has 0 amide bonds. The van der Waals surface area contributed by atoms with Gasteiger partial charge in [-0.1, -0.05) is 18.2 Å². The highest BCUT2D eigenvalue weighted by atomic mass is 32.2. The van der Waals surface area contributed by atoms with Crippen molar-refractivity contribution in [1.82, 2.24) is 10.3 Å².